The number of hydrogen-bond donors (Lipinski definition) is 2. The highest BCUT2D eigenvalue weighted by Crippen LogP contribution is 2.31. The molecule has 0 radical (unpaired) electrons. The molecule has 0 spiro atoms. The van der Waals surface area contributed by atoms with Crippen molar-refractivity contribution in [3.8, 4) is 5.75 Å². The molecule has 0 aliphatic heterocycles. The van der Waals surface area contributed by atoms with Gasteiger partial charge in [0.1, 0.15) is 5.75 Å². The van der Waals surface area contributed by atoms with Crippen LogP contribution in [-0.2, 0) is 16.6 Å². The van der Waals surface area contributed by atoms with E-state index in [1.807, 2.05) is 20.9 Å². The first kappa shape index (κ1) is 15.3. The van der Waals surface area contributed by atoms with Crippen molar-refractivity contribution in [2.75, 3.05) is 13.7 Å². The Hall–Kier alpha value is -1.11. The average Bonchev–Trinajstić information content (AvgIpc) is 3.06. The van der Waals surface area contributed by atoms with Crippen LogP contribution in [0.15, 0.2) is 23.1 Å². The molecule has 0 heterocycles. The molecule has 2 N–H and O–H groups in total. The van der Waals surface area contributed by atoms with Crippen LogP contribution in [0.2, 0.25) is 0 Å². The quantitative estimate of drug-likeness (QED) is 0.800. The van der Waals surface area contributed by atoms with E-state index in [9.17, 15) is 8.42 Å². The fourth-order valence-corrected chi connectivity index (χ4v) is 3.51. The van der Waals surface area contributed by atoms with E-state index in [0.29, 0.717) is 24.0 Å². The first-order valence-corrected chi connectivity index (χ1v) is 8.39. The van der Waals surface area contributed by atoms with E-state index in [1.165, 1.54) is 0 Å². The Kier molecular flexibility index (Phi) is 4.67. The SMILES string of the molecule is CCOc1ccc(S(=O)(=O)NC2CC2C)cc1CNC. The number of hydrogen-bond acceptors (Lipinski definition) is 4. The van der Waals surface area contributed by atoms with Crippen LogP contribution in [0.25, 0.3) is 0 Å². The van der Waals surface area contributed by atoms with Crippen molar-refractivity contribution in [2.45, 2.75) is 37.8 Å². The molecule has 2 unspecified atom stereocenters. The summed E-state index contributed by atoms with van der Waals surface area (Å²) in [7, 11) is -1.62. The van der Waals surface area contributed by atoms with E-state index >= 15 is 0 Å². The van der Waals surface area contributed by atoms with Gasteiger partial charge in [0.05, 0.1) is 11.5 Å². The number of sulfonamides is 1. The van der Waals surface area contributed by atoms with Gasteiger partial charge in [-0.15, -0.1) is 0 Å². The summed E-state index contributed by atoms with van der Waals surface area (Å²) in [5.74, 6) is 1.16. The lowest BCUT2D eigenvalue weighted by atomic mass is 10.2. The summed E-state index contributed by atoms with van der Waals surface area (Å²) in [5, 5.41) is 3.03. The van der Waals surface area contributed by atoms with Crippen molar-refractivity contribution in [3.63, 3.8) is 0 Å². The van der Waals surface area contributed by atoms with Crippen LogP contribution >= 0.6 is 0 Å². The van der Waals surface area contributed by atoms with E-state index in [1.54, 1.807) is 18.2 Å². The summed E-state index contributed by atoms with van der Waals surface area (Å²) >= 11 is 0. The Morgan fingerprint density at radius 1 is 1.40 bits per heavy atom. The van der Waals surface area contributed by atoms with Crippen molar-refractivity contribution in [3.05, 3.63) is 23.8 Å². The Morgan fingerprint density at radius 2 is 2.10 bits per heavy atom. The lowest BCUT2D eigenvalue weighted by Crippen LogP contribution is -2.27. The maximum atomic E-state index is 12.3. The van der Waals surface area contributed by atoms with E-state index in [-0.39, 0.29) is 6.04 Å². The molecular formula is C14H22N2O3S. The van der Waals surface area contributed by atoms with Crippen molar-refractivity contribution < 1.29 is 13.2 Å². The van der Waals surface area contributed by atoms with E-state index in [4.69, 9.17) is 4.74 Å². The Labute approximate surface area is 120 Å². The molecule has 1 aliphatic carbocycles. The van der Waals surface area contributed by atoms with Gasteiger partial charge in [-0.3, -0.25) is 0 Å². The molecule has 1 aromatic rings. The zero-order valence-corrected chi connectivity index (χ0v) is 13.0. The number of rotatable bonds is 7. The minimum Gasteiger partial charge on any atom is -0.494 e. The standard InChI is InChI=1S/C14H22N2O3S/c1-4-19-14-6-5-12(8-11(14)9-15-3)20(17,18)16-13-7-10(13)2/h5-6,8,10,13,15-16H,4,7,9H2,1-3H3. The van der Waals surface area contributed by atoms with Crippen LogP contribution in [0.5, 0.6) is 5.75 Å². The Bertz CT molecular complexity index is 572. The summed E-state index contributed by atoms with van der Waals surface area (Å²) in [5.41, 5.74) is 0.848. The van der Waals surface area contributed by atoms with Crippen LogP contribution in [0.3, 0.4) is 0 Å². The zero-order valence-electron chi connectivity index (χ0n) is 12.1. The highest BCUT2D eigenvalue weighted by Gasteiger charge is 2.36. The second kappa shape index (κ2) is 6.11. The molecule has 1 aliphatic rings. The third-order valence-electron chi connectivity index (χ3n) is 3.43. The van der Waals surface area contributed by atoms with Crippen LogP contribution in [0, 0.1) is 5.92 Å². The highest BCUT2D eigenvalue weighted by atomic mass is 32.2. The number of nitrogens with one attached hydrogen (secondary N) is 2. The molecule has 112 valence electrons. The predicted molar refractivity (Wildman–Crippen MR) is 78.3 cm³/mol. The monoisotopic (exact) mass is 298 g/mol. The van der Waals surface area contributed by atoms with Gasteiger partial charge in [0.2, 0.25) is 10.0 Å². The molecule has 0 bridgehead atoms. The smallest absolute Gasteiger partial charge is 0.240 e. The van der Waals surface area contributed by atoms with Gasteiger partial charge >= 0.3 is 0 Å². The molecular weight excluding hydrogens is 276 g/mol. The molecule has 6 heteroatoms. The van der Waals surface area contributed by atoms with Crippen molar-refractivity contribution in [2.24, 2.45) is 5.92 Å². The lowest BCUT2D eigenvalue weighted by molar-refractivity contribution is 0.335. The molecule has 1 aromatic carbocycles. The second-order valence-corrected chi connectivity index (χ2v) is 6.89. The van der Waals surface area contributed by atoms with E-state index in [2.05, 4.69) is 10.0 Å². The van der Waals surface area contributed by atoms with Crippen LogP contribution in [0.4, 0.5) is 0 Å². The first-order valence-electron chi connectivity index (χ1n) is 6.90. The van der Waals surface area contributed by atoms with Gasteiger partial charge in [-0.2, -0.15) is 0 Å². The minimum atomic E-state index is -3.44. The van der Waals surface area contributed by atoms with Crippen LogP contribution < -0.4 is 14.8 Å². The van der Waals surface area contributed by atoms with Crippen LogP contribution in [0.1, 0.15) is 25.8 Å². The van der Waals surface area contributed by atoms with Gasteiger partial charge in [0, 0.05) is 18.2 Å². The summed E-state index contributed by atoms with van der Waals surface area (Å²) in [4.78, 5) is 0.297. The zero-order chi connectivity index (χ0) is 14.8. The molecule has 5 nitrogen and oxygen atoms in total. The Morgan fingerprint density at radius 3 is 2.65 bits per heavy atom. The van der Waals surface area contributed by atoms with Gasteiger partial charge in [0.15, 0.2) is 0 Å². The molecule has 0 aromatic heterocycles. The van der Waals surface area contributed by atoms with E-state index in [0.717, 1.165) is 17.7 Å². The van der Waals surface area contributed by atoms with Crippen molar-refractivity contribution in [1.82, 2.24) is 10.0 Å². The molecule has 1 saturated carbocycles. The third-order valence-corrected chi connectivity index (χ3v) is 4.91. The third kappa shape index (κ3) is 3.50. The summed E-state index contributed by atoms with van der Waals surface area (Å²) < 4.78 is 32.8. The van der Waals surface area contributed by atoms with Crippen molar-refractivity contribution >= 4 is 10.0 Å². The Balaban J connectivity index is 2.25. The van der Waals surface area contributed by atoms with Crippen molar-refractivity contribution in [1.29, 1.82) is 0 Å². The fraction of sp³-hybridized carbons (Fsp3) is 0.571. The first-order chi connectivity index (χ1) is 9.47. The summed E-state index contributed by atoms with van der Waals surface area (Å²) in [6.45, 7) is 5.07. The number of ether oxygens (including phenoxy) is 1. The molecule has 0 saturated heterocycles. The van der Waals surface area contributed by atoms with Gasteiger partial charge < -0.3 is 10.1 Å². The second-order valence-electron chi connectivity index (χ2n) is 5.17. The van der Waals surface area contributed by atoms with Gasteiger partial charge in [0.25, 0.3) is 0 Å². The summed E-state index contributed by atoms with van der Waals surface area (Å²) in [6, 6.07) is 5.08. The average molecular weight is 298 g/mol. The largest absolute Gasteiger partial charge is 0.494 e. The molecule has 0 amide bonds. The molecule has 1 fully saturated rings. The molecule has 2 atom stereocenters. The fourth-order valence-electron chi connectivity index (χ4n) is 2.10. The normalized spacial score (nSPS) is 21.8. The van der Waals surface area contributed by atoms with Crippen LogP contribution in [-0.4, -0.2) is 28.1 Å². The lowest BCUT2D eigenvalue weighted by Gasteiger charge is -2.12. The number of benzene rings is 1. The molecule has 20 heavy (non-hydrogen) atoms. The van der Waals surface area contributed by atoms with Gasteiger partial charge in [-0.1, -0.05) is 6.92 Å². The highest BCUT2D eigenvalue weighted by molar-refractivity contribution is 7.89. The topological polar surface area (TPSA) is 67.4 Å². The van der Waals surface area contributed by atoms with Gasteiger partial charge in [-0.25, -0.2) is 13.1 Å². The maximum Gasteiger partial charge on any atom is 0.240 e. The summed E-state index contributed by atoms with van der Waals surface area (Å²) in [6.07, 6.45) is 0.916. The van der Waals surface area contributed by atoms with Gasteiger partial charge in [-0.05, 0) is 44.5 Å². The maximum absolute atomic E-state index is 12.3. The van der Waals surface area contributed by atoms with E-state index < -0.39 is 10.0 Å². The molecule has 2 rings (SSSR count). The minimum absolute atomic E-state index is 0.0827. The predicted octanol–water partition coefficient (Wildman–Crippen LogP) is 1.49.